The van der Waals surface area contributed by atoms with Crippen LogP contribution in [0, 0.1) is 5.82 Å². The van der Waals surface area contributed by atoms with Crippen LogP contribution in [0.15, 0.2) is 46.0 Å². The molecule has 0 bridgehead atoms. The van der Waals surface area contributed by atoms with Gasteiger partial charge in [-0.2, -0.15) is 16.1 Å². The molecule has 0 aliphatic heterocycles. The summed E-state index contributed by atoms with van der Waals surface area (Å²) in [5.74, 6) is 0.532. The van der Waals surface area contributed by atoms with Crippen LogP contribution < -0.4 is 5.32 Å². The number of thiophene rings is 1. The molecule has 0 unspecified atom stereocenters. The van der Waals surface area contributed by atoms with Gasteiger partial charge in [0.05, 0.1) is 6.54 Å². The Bertz CT molecular complexity index is 795. The van der Waals surface area contributed by atoms with Gasteiger partial charge in [-0.3, -0.25) is 4.79 Å². The number of halogens is 1. The lowest BCUT2D eigenvalue weighted by Gasteiger charge is -2.15. The summed E-state index contributed by atoms with van der Waals surface area (Å²) in [5, 5.41) is 4.35. The Kier molecular flexibility index (Phi) is 7.42. The molecule has 9 heteroatoms. The molecule has 1 amide bonds. The summed E-state index contributed by atoms with van der Waals surface area (Å²) < 4.78 is 39.1. The number of carbonyl (C=O) groups excluding carboxylic acids is 1. The fourth-order valence-corrected chi connectivity index (χ4v) is 5.14. The molecular formula is C16H19FN2O3S3. The van der Waals surface area contributed by atoms with Crippen molar-refractivity contribution in [1.82, 2.24) is 9.62 Å². The van der Waals surface area contributed by atoms with Crippen molar-refractivity contribution in [2.45, 2.75) is 9.96 Å². The largest absolute Gasteiger partial charge is 0.354 e. The van der Waals surface area contributed by atoms with Crippen LogP contribution in [0.3, 0.4) is 0 Å². The summed E-state index contributed by atoms with van der Waals surface area (Å²) in [6.45, 7) is 0.156. The van der Waals surface area contributed by atoms with Crippen molar-refractivity contribution in [3.05, 3.63) is 53.2 Å². The smallest absolute Gasteiger partial charge is 0.252 e. The van der Waals surface area contributed by atoms with E-state index in [0.717, 1.165) is 15.6 Å². The normalized spacial score (nSPS) is 11.6. The third-order valence-electron chi connectivity index (χ3n) is 3.31. The molecule has 0 spiro atoms. The van der Waals surface area contributed by atoms with E-state index in [1.165, 1.54) is 30.9 Å². The van der Waals surface area contributed by atoms with E-state index in [1.54, 1.807) is 29.6 Å². The lowest BCUT2D eigenvalue weighted by Crippen LogP contribution is -2.38. The number of likely N-dealkylation sites (N-methyl/N-ethyl adjacent to an activating group) is 1. The van der Waals surface area contributed by atoms with Crippen LogP contribution >= 0.6 is 23.1 Å². The highest BCUT2D eigenvalue weighted by atomic mass is 32.2. The van der Waals surface area contributed by atoms with Crippen molar-refractivity contribution in [2.75, 3.05) is 25.9 Å². The van der Waals surface area contributed by atoms with Gasteiger partial charge in [0.25, 0.3) is 10.0 Å². The quantitative estimate of drug-likeness (QED) is 0.655. The number of hydrogen-bond donors (Lipinski definition) is 1. The average molecular weight is 403 g/mol. The van der Waals surface area contributed by atoms with Gasteiger partial charge in [0.1, 0.15) is 10.0 Å². The molecule has 1 aromatic heterocycles. The molecule has 2 rings (SSSR count). The van der Waals surface area contributed by atoms with Gasteiger partial charge < -0.3 is 5.32 Å². The fraction of sp³-hybridized carbons (Fsp3) is 0.312. The predicted molar refractivity (Wildman–Crippen MR) is 99.7 cm³/mol. The van der Waals surface area contributed by atoms with Crippen LogP contribution in [0.25, 0.3) is 0 Å². The number of thioether (sulfide) groups is 1. The molecule has 1 N–H and O–H groups in total. The van der Waals surface area contributed by atoms with Gasteiger partial charge >= 0.3 is 0 Å². The minimum Gasteiger partial charge on any atom is -0.354 e. The van der Waals surface area contributed by atoms with Gasteiger partial charge in [0.2, 0.25) is 5.91 Å². The molecule has 136 valence electrons. The Balaban J connectivity index is 1.70. The average Bonchev–Trinajstić information content (AvgIpc) is 3.11. The zero-order valence-corrected chi connectivity index (χ0v) is 16.1. The monoisotopic (exact) mass is 402 g/mol. The van der Waals surface area contributed by atoms with Crippen molar-refractivity contribution in [3.8, 4) is 0 Å². The standard InChI is InChI=1S/C16H19FN2O3S3/c1-19(25(21,22)16-7-4-9-24-16)11-15(20)18-8-10-23-12-13-5-2-3-6-14(13)17/h2-7,9H,8,10-12H2,1H3,(H,18,20). The van der Waals surface area contributed by atoms with Crippen molar-refractivity contribution in [2.24, 2.45) is 0 Å². The first-order valence-corrected chi connectivity index (χ1v) is 11.0. The number of carbonyl (C=O) groups is 1. The molecule has 25 heavy (non-hydrogen) atoms. The molecule has 1 aromatic carbocycles. The summed E-state index contributed by atoms with van der Waals surface area (Å²) >= 11 is 2.61. The molecule has 0 saturated heterocycles. The number of nitrogens with one attached hydrogen (secondary N) is 1. The van der Waals surface area contributed by atoms with E-state index >= 15 is 0 Å². The van der Waals surface area contributed by atoms with Gasteiger partial charge in [-0.05, 0) is 23.1 Å². The van der Waals surface area contributed by atoms with Gasteiger partial charge in [0, 0.05) is 25.1 Å². The van der Waals surface area contributed by atoms with E-state index in [4.69, 9.17) is 0 Å². The molecule has 0 aliphatic rings. The van der Waals surface area contributed by atoms with Crippen LogP contribution in [0.5, 0.6) is 0 Å². The highest BCUT2D eigenvalue weighted by Crippen LogP contribution is 2.19. The second-order valence-electron chi connectivity index (χ2n) is 5.19. The molecule has 0 atom stereocenters. The van der Waals surface area contributed by atoms with E-state index in [2.05, 4.69) is 5.32 Å². The molecular weight excluding hydrogens is 383 g/mol. The molecule has 0 fully saturated rings. The van der Waals surface area contributed by atoms with Crippen molar-refractivity contribution < 1.29 is 17.6 Å². The Morgan fingerprint density at radius 3 is 2.72 bits per heavy atom. The molecule has 5 nitrogen and oxygen atoms in total. The minimum atomic E-state index is -3.62. The van der Waals surface area contributed by atoms with E-state index < -0.39 is 10.0 Å². The first-order valence-electron chi connectivity index (χ1n) is 7.49. The maximum Gasteiger partial charge on any atom is 0.252 e. The Morgan fingerprint density at radius 2 is 2.04 bits per heavy atom. The van der Waals surface area contributed by atoms with Crippen LogP contribution in [-0.2, 0) is 20.6 Å². The van der Waals surface area contributed by atoms with E-state index in [1.807, 2.05) is 0 Å². The van der Waals surface area contributed by atoms with Crippen molar-refractivity contribution in [1.29, 1.82) is 0 Å². The third kappa shape index (κ3) is 5.81. The Labute approximate surface area is 155 Å². The SMILES string of the molecule is CN(CC(=O)NCCSCc1ccccc1F)S(=O)(=O)c1cccs1. The molecule has 1 heterocycles. The lowest BCUT2D eigenvalue weighted by molar-refractivity contribution is -0.121. The number of amides is 1. The van der Waals surface area contributed by atoms with Crippen LogP contribution in [-0.4, -0.2) is 44.5 Å². The zero-order valence-electron chi connectivity index (χ0n) is 13.6. The summed E-state index contributed by atoms with van der Waals surface area (Å²) in [6, 6.07) is 9.73. The van der Waals surface area contributed by atoms with Gasteiger partial charge in [0.15, 0.2) is 0 Å². The highest BCUT2D eigenvalue weighted by molar-refractivity contribution is 7.98. The second-order valence-corrected chi connectivity index (χ2v) is 9.51. The van der Waals surface area contributed by atoms with Gasteiger partial charge in [-0.25, -0.2) is 12.8 Å². The van der Waals surface area contributed by atoms with Crippen LogP contribution in [0.4, 0.5) is 4.39 Å². The Hall–Kier alpha value is -1.42. The number of hydrogen-bond acceptors (Lipinski definition) is 5. The van der Waals surface area contributed by atoms with Crippen molar-refractivity contribution in [3.63, 3.8) is 0 Å². The predicted octanol–water partition coefficient (Wildman–Crippen LogP) is 2.56. The first kappa shape index (κ1) is 19.9. The Morgan fingerprint density at radius 1 is 1.28 bits per heavy atom. The maximum atomic E-state index is 13.5. The summed E-state index contributed by atoms with van der Waals surface area (Å²) in [6.07, 6.45) is 0. The molecule has 2 aromatic rings. The lowest BCUT2D eigenvalue weighted by atomic mass is 10.2. The van der Waals surface area contributed by atoms with Crippen LogP contribution in [0.1, 0.15) is 5.56 Å². The van der Waals surface area contributed by atoms with Crippen LogP contribution in [0.2, 0.25) is 0 Å². The first-order chi connectivity index (χ1) is 11.9. The maximum absolute atomic E-state index is 13.5. The fourth-order valence-electron chi connectivity index (χ4n) is 1.97. The number of nitrogens with zero attached hydrogens (tertiary/aromatic N) is 1. The zero-order chi connectivity index (χ0) is 18.3. The molecule has 0 aliphatic carbocycles. The topological polar surface area (TPSA) is 66.5 Å². The number of benzene rings is 1. The van der Waals surface area contributed by atoms with Gasteiger partial charge in [-0.1, -0.05) is 24.3 Å². The van der Waals surface area contributed by atoms with Crippen molar-refractivity contribution >= 4 is 39.0 Å². The third-order valence-corrected chi connectivity index (χ3v) is 7.49. The highest BCUT2D eigenvalue weighted by Gasteiger charge is 2.23. The van der Waals surface area contributed by atoms with Gasteiger partial charge in [-0.15, -0.1) is 11.3 Å². The van der Waals surface area contributed by atoms with E-state index in [-0.39, 0.29) is 22.5 Å². The second kappa shape index (κ2) is 9.33. The summed E-state index contributed by atoms with van der Waals surface area (Å²) in [4.78, 5) is 11.9. The molecule has 0 radical (unpaired) electrons. The van der Waals surface area contributed by atoms with E-state index in [0.29, 0.717) is 23.6 Å². The number of sulfonamides is 1. The summed E-state index contributed by atoms with van der Waals surface area (Å²) in [5.41, 5.74) is 0.626. The number of rotatable bonds is 9. The molecule has 0 saturated carbocycles. The summed E-state index contributed by atoms with van der Waals surface area (Å²) in [7, 11) is -2.25. The van der Waals surface area contributed by atoms with E-state index in [9.17, 15) is 17.6 Å². The minimum absolute atomic E-state index is 0.211.